The molecule has 0 spiro atoms. The number of nitrogens with one attached hydrogen (secondary N) is 1. The lowest BCUT2D eigenvalue weighted by Gasteiger charge is -2.19. The minimum atomic E-state index is 0.141. The van der Waals surface area contributed by atoms with Crippen LogP contribution in [0.25, 0.3) is 0 Å². The molecule has 5 heteroatoms. The molecule has 0 saturated carbocycles. The Morgan fingerprint density at radius 3 is 2.44 bits per heavy atom. The first-order valence-corrected chi connectivity index (χ1v) is 9.41. The number of hydrogen-bond donors (Lipinski definition) is 1. The summed E-state index contributed by atoms with van der Waals surface area (Å²) in [5.74, 6) is 2.25. The van der Waals surface area contributed by atoms with E-state index in [0.717, 1.165) is 37.3 Å². The van der Waals surface area contributed by atoms with E-state index in [9.17, 15) is 0 Å². The van der Waals surface area contributed by atoms with Crippen LogP contribution < -0.4 is 10.1 Å². The summed E-state index contributed by atoms with van der Waals surface area (Å²) >= 11 is 6.40. The molecule has 0 saturated heterocycles. The number of aromatic nitrogens is 2. The average molecular weight is 362 g/mol. The second-order valence-electron chi connectivity index (χ2n) is 6.54. The molecule has 1 N–H and O–H groups in total. The lowest BCUT2D eigenvalue weighted by molar-refractivity contribution is 0.289. The molecule has 1 aromatic carbocycles. The molecule has 2 rings (SSSR count). The van der Waals surface area contributed by atoms with E-state index in [0.29, 0.717) is 16.8 Å². The zero-order chi connectivity index (χ0) is 18.2. The maximum atomic E-state index is 6.40. The summed E-state index contributed by atoms with van der Waals surface area (Å²) in [6.07, 6.45) is 4.34. The van der Waals surface area contributed by atoms with Gasteiger partial charge in [0.2, 0.25) is 0 Å². The standard InChI is InChI=1S/C20H28ClN3O/c1-5-17(24-20-19(21)18(6-2)22-13-23-20)15-7-9-16(10-8-15)25-12-11-14(3)4/h7-10,13-14,17H,5-6,11-12H2,1-4H3,(H,22,23,24). The van der Waals surface area contributed by atoms with E-state index in [-0.39, 0.29) is 6.04 Å². The van der Waals surface area contributed by atoms with Crippen LogP contribution in [0.15, 0.2) is 30.6 Å². The van der Waals surface area contributed by atoms with E-state index < -0.39 is 0 Å². The maximum Gasteiger partial charge on any atom is 0.149 e. The highest BCUT2D eigenvalue weighted by Gasteiger charge is 2.14. The topological polar surface area (TPSA) is 47.0 Å². The molecule has 0 aliphatic carbocycles. The second-order valence-corrected chi connectivity index (χ2v) is 6.92. The largest absolute Gasteiger partial charge is 0.494 e. The first-order chi connectivity index (χ1) is 12.0. The summed E-state index contributed by atoms with van der Waals surface area (Å²) in [7, 11) is 0. The molecular weight excluding hydrogens is 334 g/mol. The van der Waals surface area contributed by atoms with Crippen LogP contribution in [-0.4, -0.2) is 16.6 Å². The van der Waals surface area contributed by atoms with Gasteiger partial charge in [-0.3, -0.25) is 0 Å². The van der Waals surface area contributed by atoms with E-state index in [1.165, 1.54) is 5.56 Å². The smallest absolute Gasteiger partial charge is 0.149 e. The predicted octanol–water partition coefficient (Wildman–Crippen LogP) is 5.68. The fourth-order valence-corrected chi connectivity index (χ4v) is 2.83. The van der Waals surface area contributed by atoms with Crippen LogP contribution in [-0.2, 0) is 6.42 Å². The number of ether oxygens (including phenoxy) is 1. The molecule has 25 heavy (non-hydrogen) atoms. The summed E-state index contributed by atoms with van der Waals surface area (Å²) in [5.41, 5.74) is 2.05. The van der Waals surface area contributed by atoms with E-state index in [1.807, 2.05) is 19.1 Å². The Bertz CT molecular complexity index is 658. The van der Waals surface area contributed by atoms with Gasteiger partial charge in [0.15, 0.2) is 0 Å². The molecule has 1 aromatic heterocycles. The highest BCUT2D eigenvalue weighted by molar-refractivity contribution is 6.33. The zero-order valence-corrected chi connectivity index (χ0v) is 16.3. The lowest BCUT2D eigenvalue weighted by Crippen LogP contribution is -2.12. The second kappa shape index (κ2) is 9.62. The predicted molar refractivity (Wildman–Crippen MR) is 104 cm³/mol. The number of hydrogen-bond acceptors (Lipinski definition) is 4. The van der Waals surface area contributed by atoms with Gasteiger partial charge in [0.05, 0.1) is 18.3 Å². The van der Waals surface area contributed by atoms with Crippen molar-refractivity contribution in [1.82, 2.24) is 9.97 Å². The normalized spacial score (nSPS) is 12.2. The van der Waals surface area contributed by atoms with Crippen LogP contribution in [0.3, 0.4) is 0 Å². The van der Waals surface area contributed by atoms with Crippen molar-refractivity contribution >= 4 is 17.4 Å². The van der Waals surface area contributed by atoms with Crippen LogP contribution in [0.4, 0.5) is 5.82 Å². The highest BCUT2D eigenvalue weighted by Crippen LogP contribution is 2.28. The Morgan fingerprint density at radius 2 is 1.84 bits per heavy atom. The molecule has 0 fully saturated rings. The van der Waals surface area contributed by atoms with Gasteiger partial charge in [0, 0.05) is 0 Å². The number of aryl methyl sites for hydroxylation is 1. The number of halogens is 1. The molecule has 0 amide bonds. The summed E-state index contributed by atoms with van der Waals surface area (Å²) in [6, 6.07) is 8.39. The quantitative estimate of drug-likeness (QED) is 0.624. The van der Waals surface area contributed by atoms with Crippen molar-refractivity contribution in [3.05, 3.63) is 46.9 Å². The number of rotatable bonds is 9. The van der Waals surface area contributed by atoms with Crippen LogP contribution >= 0.6 is 11.6 Å². The Morgan fingerprint density at radius 1 is 1.12 bits per heavy atom. The van der Waals surface area contributed by atoms with Gasteiger partial charge >= 0.3 is 0 Å². The van der Waals surface area contributed by atoms with Crippen molar-refractivity contribution in [2.75, 3.05) is 11.9 Å². The average Bonchev–Trinajstić information content (AvgIpc) is 2.61. The minimum absolute atomic E-state index is 0.141. The molecule has 0 bridgehead atoms. The number of anilines is 1. The summed E-state index contributed by atoms with van der Waals surface area (Å²) in [4.78, 5) is 8.51. The molecule has 0 radical (unpaired) electrons. The summed E-state index contributed by atoms with van der Waals surface area (Å²) in [6.45, 7) is 9.33. The van der Waals surface area contributed by atoms with Crippen molar-refractivity contribution in [3.63, 3.8) is 0 Å². The van der Waals surface area contributed by atoms with Gasteiger partial charge in [0.1, 0.15) is 22.9 Å². The molecule has 1 unspecified atom stereocenters. The Balaban J connectivity index is 2.05. The van der Waals surface area contributed by atoms with Gasteiger partial charge in [-0.05, 0) is 42.9 Å². The molecule has 4 nitrogen and oxygen atoms in total. The Kier molecular flexibility index (Phi) is 7.51. The van der Waals surface area contributed by atoms with Crippen LogP contribution in [0.2, 0.25) is 5.02 Å². The zero-order valence-electron chi connectivity index (χ0n) is 15.6. The highest BCUT2D eigenvalue weighted by atomic mass is 35.5. The van der Waals surface area contributed by atoms with Gasteiger partial charge < -0.3 is 10.1 Å². The fourth-order valence-electron chi connectivity index (χ4n) is 2.55. The van der Waals surface area contributed by atoms with E-state index in [1.54, 1.807) is 6.33 Å². The van der Waals surface area contributed by atoms with E-state index >= 15 is 0 Å². The fraction of sp³-hybridized carbons (Fsp3) is 0.500. The Hall–Kier alpha value is -1.81. The van der Waals surface area contributed by atoms with Gasteiger partial charge in [-0.15, -0.1) is 0 Å². The molecular formula is C20H28ClN3O. The van der Waals surface area contributed by atoms with Crippen LogP contribution in [0, 0.1) is 5.92 Å². The third kappa shape index (κ3) is 5.60. The number of benzene rings is 1. The summed E-state index contributed by atoms with van der Waals surface area (Å²) in [5, 5.41) is 4.05. The van der Waals surface area contributed by atoms with Crippen molar-refractivity contribution in [2.24, 2.45) is 5.92 Å². The maximum absolute atomic E-state index is 6.40. The first-order valence-electron chi connectivity index (χ1n) is 9.03. The molecule has 136 valence electrons. The Labute approximate surface area is 156 Å². The van der Waals surface area contributed by atoms with Gasteiger partial charge in [-0.2, -0.15) is 0 Å². The molecule has 0 aliphatic heterocycles. The number of nitrogens with zero attached hydrogens (tertiary/aromatic N) is 2. The van der Waals surface area contributed by atoms with Crippen LogP contribution in [0.1, 0.15) is 57.8 Å². The molecule has 0 aliphatic rings. The van der Waals surface area contributed by atoms with Gasteiger partial charge in [-0.25, -0.2) is 9.97 Å². The van der Waals surface area contributed by atoms with Gasteiger partial charge in [0.25, 0.3) is 0 Å². The van der Waals surface area contributed by atoms with Crippen LogP contribution in [0.5, 0.6) is 5.75 Å². The van der Waals surface area contributed by atoms with Crippen molar-refractivity contribution in [3.8, 4) is 5.75 Å². The van der Waals surface area contributed by atoms with Crippen molar-refractivity contribution < 1.29 is 4.74 Å². The SMILES string of the molecule is CCc1ncnc(NC(CC)c2ccc(OCCC(C)C)cc2)c1Cl. The third-order valence-electron chi connectivity index (χ3n) is 4.16. The van der Waals surface area contributed by atoms with Crippen molar-refractivity contribution in [1.29, 1.82) is 0 Å². The van der Waals surface area contributed by atoms with Crippen molar-refractivity contribution in [2.45, 2.75) is 53.0 Å². The van der Waals surface area contributed by atoms with E-state index in [2.05, 4.69) is 48.2 Å². The monoisotopic (exact) mass is 361 g/mol. The third-order valence-corrected chi connectivity index (χ3v) is 4.56. The molecule has 1 heterocycles. The molecule has 2 aromatic rings. The minimum Gasteiger partial charge on any atom is -0.494 e. The van der Waals surface area contributed by atoms with Gasteiger partial charge in [-0.1, -0.05) is 51.4 Å². The molecule has 1 atom stereocenters. The first kappa shape index (κ1) is 19.5. The summed E-state index contributed by atoms with van der Waals surface area (Å²) < 4.78 is 5.79. The van der Waals surface area contributed by atoms with E-state index in [4.69, 9.17) is 16.3 Å². The lowest BCUT2D eigenvalue weighted by atomic mass is 10.0.